The van der Waals surface area contributed by atoms with Crippen molar-refractivity contribution in [2.45, 2.75) is 13.1 Å². The van der Waals surface area contributed by atoms with Gasteiger partial charge in [0.05, 0.1) is 12.7 Å². The van der Waals surface area contributed by atoms with Gasteiger partial charge in [-0.1, -0.05) is 46.9 Å². The van der Waals surface area contributed by atoms with Crippen LogP contribution >= 0.6 is 11.3 Å². The highest BCUT2D eigenvalue weighted by Gasteiger charge is 2.13. The number of amides is 2. The zero-order chi connectivity index (χ0) is 16.9. The first-order chi connectivity index (χ1) is 11.6. The van der Waals surface area contributed by atoms with Crippen LogP contribution in [0.4, 0.5) is 0 Å². The average Bonchev–Trinajstić information content (AvgIpc) is 3.22. The molecule has 2 amide bonds. The molecule has 2 aromatic heterocycles. The standard InChI is InChI=1S/C14H13N7O2S/c15-11(22)8-21-7-10(17-20-21)13(23)16-6-12-18-19-14(24-12)9-4-2-1-3-5-9/h1-5,7H,6,8H2,(H2,15,22)(H,16,23). The van der Waals surface area contributed by atoms with Crippen LogP contribution in [-0.4, -0.2) is 37.0 Å². The first kappa shape index (κ1) is 15.7. The van der Waals surface area contributed by atoms with Crippen molar-refractivity contribution in [2.75, 3.05) is 0 Å². The zero-order valence-electron chi connectivity index (χ0n) is 12.4. The molecule has 0 saturated heterocycles. The number of hydrogen-bond acceptors (Lipinski definition) is 7. The zero-order valence-corrected chi connectivity index (χ0v) is 13.2. The number of hydrogen-bond donors (Lipinski definition) is 2. The third-order valence-electron chi connectivity index (χ3n) is 2.98. The molecule has 0 unspecified atom stereocenters. The number of benzene rings is 1. The van der Waals surface area contributed by atoms with Gasteiger partial charge in [0.2, 0.25) is 5.91 Å². The lowest BCUT2D eigenvalue weighted by atomic mass is 10.2. The van der Waals surface area contributed by atoms with Crippen molar-refractivity contribution in [1.29, 1.82) is 0 Å². The van der Waals surface area contributed by atoms with Gasteiger partial charge in [-0.25, -0.2) is 4.68 Å². The molecule has 2 heterocycles. The van der Waals surface area contributed by atoms with Gasteiger partial charge in [-0.2, -0.15) is 0 Å². The average molecular weight is 343 g/mol. The number of rotatable bonds is 6. The summed E-state index contributed by atoms with van der Waals surface area (Å²) in [6.45, 7) is 0.100. The summed E-state index contributed by atoms with van der Waals surface area (Å²) in [6.07, 6.45) is 1.36. The number of carbonyl (C=O) groups is 2. The fourth-order valence-corrected chi connectivity index (χ4v) is 2.69. The summed E-state index contributed by atoms with van der Waals surface area (Å²) in [4.78, 5) is 22.8. The van der Waals surface area contributed by atoms with Crippen LogP contribution in [0.2, 0.25) is 0 Å². The Hall–Kier alpha value is -3.14. The van der Waals surface area contributed by atoms with Gasteiger partial charge in [-0.3, -0.25) is 9.59 Å². The summed E-state index contributed by atoms with van der Waals surface area (Å²) in [7, 11) is 0. The second-order valence-electron chi connectivity index (χ2n) is 4.82. The van der Waals surface area contributed by atoms with Crippen LogP contribution in [0.25, 0.3) is 10.6 Å². The Morgan fingerprint density at radius 3 is 2.71 bits per heavy atom. The maximum absolute atomic E-state index is 12.0. The van der Waals surface area contributed by atoms with Crippen LogP contribution in [-0.2, 0) is 17.9 Å². The molecule has 0 atom stereocenters. The molecular formula is C14H13N7O2S. The predicted octanol–water partition coefficient (Wildman–Crippen LogP) is 0.212. The Labute approximate surface area is 140 Å². The minimum absolute atomic E-state index is 0.101. The summed E-state index contributed by atoms with van der Waals surface area (Å²) in [6, 6.07) is 9.66. The van der Waals surface area contributed by atoms with E-state index in [1.54, 1.807) is 0 Å². The minimum Gasteiger partial charge on any atom is -0.368 e. The Bertz CT molecular complexity index is 859. The maximum atomic E-state index is 12.0. The lowest BCUT2D eigenvalue weighted by molar-refractivity contribution is -0.118. The topological polar surface area (TPSA) is 129 Å². The molecule has 0 saturated carbocycles. The number of aromatic nitrogens is 5. The van der Waals surface area contributed by atoms with Crippen molar-refractivity contribution < 1.29 is 9.59 Å². The van der Waals surface area contributed by atoms with E-state index < -0.39 is 11.8 Å². The number of nitrogens with one attached hydrogen (secondary N) is 1. The predicted molar refractivity (Wildman–Crippen MR) is 85.7 cm³/mol. The first-order valence-electron chi connectivity index (χ1n) is 6.96. The molecule has 10 heteroatoms. The molecule has 24 heavy (non-hydrogen) atoms. The third kappa shape index (κ3) is 3.79. The molecule has 0 bridgehead atoms. The van der Waals surface area contributed by atoms with Gasteiger partial charge >= 0.3 is 0 Å². The highest BCUT2D eigenvalue weighted by molar-refractivity contribution is 7.14. The molecule has 3 aromatic rings. The van der Waals surface area contributed by atoms with E-state index in [9.17, 15) is 9.59 Å². The van der Waals surface area contributed by atoms with E-state index in [0.29, 0.717) is 5.01 Å². The van der Waals surface area contributed by atoms with Gasteiger partial charge < -0.3 is 11.1 Å². The Balaban J connectivity index is 1.59. The van der Waals surface area contributed by atoms with Gasteiger partial charge in [0.15, 0.2) is 5.69 Å². The summed E-state index contributed by atoms with van der Waals surface area (Å²) in [5.41, 5.74) is 6.13. The van der Waals surface area contributed by atoms with E-state index in [2.05, 4.69) is 25.8 Å². The minimum atomic E-state index is -0.561. The lowest BCUT2D eigenvalue weighted by Gasteiger charge is -1.98. The van der Waals surface area contributed by atoms with Gasteiger partial charge in [0.25, 0.3) is 5.91 Å². The molecular weight excluding hydrogens is 330 g/mol. The van der Waals surface area contributed by atoms with Crippen molar-refractivity contribution in [2.24, 2.45) is 5.73 Å². The quantitative estimate of drug-likeness (QED) is 0.658. The maximum Gasteiger partial charge on any atom is 0.273 e. The molecule has 3 N–H and O–H groups in total. The highest BCUT2D eigenvalue weighted by atomic mass is 32.1. The van der Waals surface area contributed by atoms with Crippen LogP contribution in [0.15, 0.2) is 36.5 Å². The molecule has 0 aliphatic rings. The van der Waals surface area contributed by atoms with Crippen LogP contribution in [0.3, 0.4) is 0 Å². The summed E-state index contributed by atoms with van der Waals surface area (Å²) in [5, 5.41) is 19.7. The molecule has 0 aliphatic heterocycles. The van der Waals surface area contributed by atoms with Crippen molar-refractivity contribution in [1.82, 2.24) is 30.5 Å². The second kappa shape index (κ2) is 6.96. The largest absolute Gasteiger partial charge is 0.368 e. The second-order valence-corrected chi connectivity index (χ2v) is 5.88. The number of primary amides is 1. The highest BCUT2D eigenvalue weighted by Crippen LogP contribution is 2.22. The molecule has 3 rings (SSSR count). The third-order valence-corrected chi connectivity index (χ3v) is 3.95. The molecule has 0 radical (unpaired) electrons. The van der Waals surface area contributed by atoms with Crippen LogP contribution < -0.4 is 11.1 Å². The first-order valence-corrected chi connectivity index (χ1v) is 7.78. The van der Waals surface area contributed by atoms with E-state index in [1.165, 1.54) is 22.2 Å². The fourth-order valence-electron chi connectivity index (χ4n) is 1.91. The fraction of sp³-hybridized carbons (Fsp3) is 0.143. The van der Waals surface area contributed by atoms with E-state index in [0.717, 1.165) is 10.6 Å². The van der Waals surface area contributed by atoms with Crippen LogP contribution in [0, 0.1) is 0 Å². The molecule has 0 aliphatic carbocycles. The molecule has 1 aromatic carbocycles. The monoisotopic (exact) mass is 343 g/mol. The van der Waals surface area contributed by atoms with Crippen LogP contribution in [0.5, 0.6) is 0 Å². The van der Waals surface area contributed by atoms with Gasteiger partial charge in [-0.05, 0) is 0 Å². The van der Waals surface area contributed by atoms with E-state index in [1.807, 2.05) is 30.3 Å². The van der Waals surface area contributed by atoms with Crippen molar-refractivity contribution in [3.05, 3.63) is 47.2 Å². The van der Waals surface area contributed by atoms with Crippen molar-refractivity contribution in [3.63, 3.8) is 0 Å². The van der Waals surface area contributed by atoms with Gasteiger partial charge in [0, 0.05) is 5.56 Å². The Morgan fingerprint density at radius 1 is 1.17 bits per heavy atom. The van der Waals surface area contributed by atoms with E-state index in [-0.39, 0.29) is 18.8 Å². The summed E-state index contributed by atoms with van der Waals surface area (Å²) >= 11 is 1.40. The van der Waals surface area contributed by atoms with Crippen LogP contribution in [0.1, 0.15) is 15.5 Å². The Morgan fingerprint density at radius 2 is 1.96 bits per heavy atom. The normalized spacial score (nSPS) is 10.5. The summed E-state index contributed by atoms with van der Waals surface area (Å²) in [5.74, 6) is -0.976. The SMILES string of the molecule is NC(=O)Cn1cc(C(=O)NCc2nnc(-c3ccccc3)s2)nn1. The lowest BCUT2D eigenvalue weighted by Crippen LogP contribution is -2.23. The molecule has 122 valence electrons. The molecule has 0 fully saturated rings. The van der Waals surface area contributed by atoms with Crippen molar-refractivity contribution >= 4 is 23.2 Å². The van der Waals surface area contributed by atoms with Gasteiger partial charge in [0.1, 0.15) is 16.6 Å². The number of nitrogens with two attached hydrogens (primary N) is 1. The number of carbonyl (C=O) groups excluding carboxylic acids is 2. The Kier molecular flexibility index (Phi) is 4.57. The molecule has 0 spiro atoms. The number of nitrogens with zero attached hydrogens (tertiary/aromatic N) is 5. The molecule has 9 nitrogen and oxygen atoms in total. The summed E-state index contributed by atoms with van der Waals surface area (Å²) < 4.78 is 1.20. The van der Waals surface area contributed by atoms with Gasteiger partial charge in [-0.15, -0.1) is 15.3 Å². The smallest absolute Gasteiger partial charge is 0.273 e. The van der Waals surface area contributed by atoms with E-state index in [4.69, 9.17) is 5.73 Å². The van der Waals surface area contributed by atoms with E-state index >= 15 is 0 Å². The van der Waals surface area contributed by atoms with Crippen molar-refractivity contribution in [3.8, 4) is 10.6 Å².